The van der Waals surface area contributed by atoms with Gasteiger partial charge in [0.1, 0.15) is 0 Å². The van der Waals surface area contributed by atoms with Gasteiger partial charge in [-0.25, -0.2) is 0 Å². The first kappa shape index (κ1) is 16.3. The summed E-state index contributed by atoms with van der Waals surface area (Å²) in [5.41, 5.74) is 0. The minimum atomic E-state index is -3.29. The minimum absolute atomic E-state index is 0. The SMILES string of the molecule is O.[AlH3].[Cl][Zr]([Cl])([Cl])[Cl]. The zero-order valence-electron chi connectivity index (χ0n) is 2.51. The Labute approximate surface area is 71.3 Å². The molecule has 0 fully saturated rings. The van der Waals surface area contributed by atoms with Crippen molar-refractivity contribution in [3.8, 4) is 0 Å². The molecule has 0 aromatic heterocycles. The van der Waals surface area contributed by atoms with Crippen molar-refractivity contribution in [1.29, 1.82) is 0 Å². The normalized spacial score (nSPS) is 8.57. The molecule has 0 bridgehead atoms. The van der Waals surface area contributed by atoms with Gasteiger partial charge in [-0.3, -0.25) is 0 Å². The van der Waals surface area contributed by atoms with E-state index < -0.39 is 15.5 Å². The Morgan fingerprint density at radius 1 is 0.857 bits per heavy atom. The Hall–Kier alpha value is 2.54. The molecule has 0 amide bonds. The molecule has 0 aromatic rings. The van der Waals surface area contributed by atoms with E-state index in [4.69, 9.17) is 34.1 Å². The van der Waals surface area contributed by atoms with Crippen molar-refractivity contribution in [1.82, 2.24) is 0 Å². The molecule has 1 nitrogen and oxygen atoms in total. The summed E-state index contributed by atoms with van der Waals surface area (Å²) in [7, 11) is 20.1. The molecule has 0 heterocycles. The maximum atomic E-state index is 5.04. The van der Waals surface area contributed by atoms with Crippen molar-refractivity contribution < 1.29 is 21.0 Å². The molecule has 0 saturated heterocycles. The number of hydrogen-bond donors (Lipinski definition) is 0. The summed E-state index contributed by atoms with van der Waals surface area (Å²) in [6.07, 6.45) is 0. The first-order valence-corrected chi connectivity index (χ1v) is 13.4. The van der Waals surface area contributed by atoms with Crippen LogP contribution < -0.4 is 0 Å². The Kier molecular flexibility index (Phi) is 15.5. The average molecular weight is 281 g/mol. The molecule has 0 unspecified atom stereocenters. The van der Waals surface area contributed by atoms with Crippen molar-refractivity contribution >= 4 is 51.4 Å². The number of rotatable bonds is 0. The van der Waals surface area contributed by atoms with Gasteiger partial charge in [0.15, 0.2) is 17.4 Å². The Bertz CT molecular complexity index is 27.2. The van der Waals surface area contributed by atoms with Crippen molar-refractivity contribution in [2.45, 2.75) is 0 Å². The summed E-state index contributed by atoms with van der Waals surface area (Å²) < 4.78 is 0. The van der Waals surface area contributed by atoms with Crippen LogP contribution in [0.5, 0.6) is 0 Å². The summed E-state index contributed by atoms with van der Waals surface area (Å²) in [5, 5.41) is 0. The third-order valence-electron chi connectivity index (χ3n) is 0. The number of halogens is 4. The van der Waals surface area contributed by atoms with Crippen LogP contribution in [0, 0.1) is 0 Å². The molecular formula is H5AlCl4OZr. The van der Waals surface area contributed by atoms with Gasteiger partial charge < -0.3 is 5.48 Å². The van der Waals surface area contributed by atoms with Crippen LogP contribution in [-0.2, 0) is 15.5 Å². The van der Waals surface area contributed by atoms with Gasteiger partial charge in [0.05, 0.1) is 0 Å². The molecule has 0 saturated carbocycles. The molecule has 0 atom stereocenters. The standard InChI is InChI=1S/Al.4ClH.H2O.Zr.3H/h;4*1H;1H2;;;;/q;;;;;;+4;;;/p-4. The average Bonchev–Trinajstić information content (AvgIpc) is 0.722. The van der Waals surface area contributed by atoms with Crippen LogP contribution in [0.4, 0.5) is 0 Å². The molecule has 7 heavy (non-hydrogen) atoms. The fraction of sp³-hybridized carbons (Fsp3) is 0. The van der Waals surface area contributed by atoms with Crippen LogP contribution in [0.3, 0.4) is 0 Å². The summed E-state index contributed by atoms with van der Waals surface area (Å²) in [6.45, 7) is 0. The molecule has 7 heteroatoms. The predicted molar refractivity (Wildman–Crippen MR) is 37.0 cm³/mol. The molecule has 0 spiro atoms. The van der Waals surface area contributed by atoms with Crippen LogP contribution in [0.1, 0.15) is 0 Å². The Morgan fingerprint density at radius 3 is 0.857 bits per heavy atom. The molecule has 46 valence electrons. The van der Waals surface area contributed by atoms with Gasteiger partial charge in [0.2, 0.25) is 0 Å². The summed E-state index contributed by atoms with van der Waals surface area (Å²) in [5.74, 6) is 0. The Morgan fingerprint density at radius 2 is 0.857 bits per heavy atom. The Balaban J connectivity index is -0.0000000800. The van der Waals surface area contributed by atoms with Gasteiger partial charge in [-0.15, -0.1) is 0 Å². The van der Waals surface area contributed by atoms with E-state index in [0.717, 1.165) is 0 Å². The van der Waals surface area contributed by atoms with Crippen LogP contribution >= 0.6 is 34.1 Å². The second-order valence-electron chi connectivity index (χ2n) is 0.429. The molecule has 2 N–H and O–H groups in total. The second-order valence-corrected chi connectivity index (χ2v) is 22.8. The first-order valence-electron chi connectivity index (χ1n) is 0.756. The van der Waals surface area contributed by atoms with Gasteiger partial charge >= 0.3 is 49.5 Å². The van der Waals surface area contributed by atoms with E-state index in [1.54, 1.807) is 0 Å². The quantitative estimate of drug-likeness (QED) is 0.587. The molecule has 0 radical (unpaired) electrons. The van der Waals surface area contributed by atoms with E-state index in [2.05, 4.69) is 0 Å². The van der Waals surface area contributed by atoms with E-state index >= 15 is 0 Å². The van der Waals surface area contributed by atoms with Crippen LogP contribution in [0.25, 0.3) is 0 Å². The maximum absolute atomic E-state index is 5.04. The molecular weight excluding hydrogens is 276 g/mol. The summed E-state index contributed by atoms with van der Waals surface area (Å²) >= 11 is -3.29. The van der Waals surface area contributed by atoms with E-state index in [0.29, 0.717) is 0 Å². The fourth-order valence-electron chi connectivity index (χ4n) is 0. The van der Waals surface area contributed by atoms with Crippen molar-refractivity contribution in [2.75, 3.05) is 0 Å². The third-order valence-corrected chi connectivity index (χ3v) is 0. The van der Waals surface area contributed by atoms with E-state index in [9.17, 15) is 0 Å². The van der Waals surface area contributed by atoms with Crippen LogP contribution in [0.2, 0.25) is 0 Å². The van der Waals surface area contributed by atoms with Gasteiger partial charge in [-0.1, -0.05) is 0 Å². The van der Waals surface area contributed by atoms with Gasteiger partial charge in [0.25, 0.3) is 0 Å². The zero-order valence-corrected chi connectivity index (χ0v) is 7.99. The van der Waals surface area contributed by atoms with Crippen molar-refractivity contribution in [2.24, 2.45) is 0 Å². The third kappa shape index (κ3) is 56.7. The fourth-order valence-corrected chi connectivity index (χ4v) is 0. The van der Waals surface area contributed by atoms with Gasteiger partial charge in [-0.05, 0) is 0 Å². The number of hydrogen-bond acceptors (Lipinski definition) is 0. The van der Waals surface area contributed by atoms with E-state index in [-0.39, 0.29) is 22.8 Å². The van der Waals surface area contributed by atoms with Crippen LogP contribution in [0.15, 0.2) is 0 Å². The molecule has 0 aliphatic heterocycles. The summed E-state index contributed by atoms with van der Waals surface area (Å²) in [4.78, 5) is 0. The van der Waals surface area contributed by atoms with E-state index in [1.807, 2.05) is 0 Å². The van der Waals surface area contributed by atoms with Gasteiger partial charge in [0, 0.05) is 0 Å². The topological polar surface area (TPSA) is 31.5 Å². The first-order chi connectivity index (χ1) is 2.00. The van der Waals surface area contributed by atoms with Gasteiger partial charge in [-0.2, -0.15) is 0 Å². The summed E-state index contributed by atoms with van der Waals surface area (Å²) in [6, 6.07) is 0. The molecule has 0 aliphatic carbocycles. The van der Waals surface area contributed by atoms with Crippen molar-refractivity contribution in [3.05, 3.63) is 0 Å². The molecule has 0 aromatic carbocycles. The second kappa shape index (κ2) is 6.65. The zero-order chi connectivity index (χ0) is 4.50. The van der Waals surface area contributed by atoms with E-state index in [1.165, 1.54) is 0 Å². The monoisotopic (exact) mass is 278 g/mol. The molecule has 0 rings (SSSR count). The molecule has 0 aliphatic rings. The van der Waals surface area contributed by atoms with Crippen molar-refractivity contribution in [3.63, 3.8) is 0 Å². The predicted octanol–water partition coefficient (Wildman–Crippen LogP) is 0.747. The van der Waals surface area contributed by atoms with Crippen LogP contribution in [-0.4, -0.2) is 22.8 Å².